The van der Waals surface area contributed by atoms with Crippen LogP contribution in [0.3, 0.4) is 0 Å². The van der Waals surface area contributed by atoms with E-state index in [0.717, 1.165) is 11.4 Å². The molecule has 3 N–H and O–H groups in total. The Balaban J connectivity index is 1.66. The number of aliphatic carboxylic acids is 1. The van der Waals surface area contributed by atoms with Gasteiger partial charge in [0.25, 0.3) is 0 Å². The molecule has 2 aromatic rings. The van der Waals surface area contributed by atoms with E-state index in [9.17, 15) is 15.0 Å². The van der Waals surface area contributed by atoms with Crippen molar-refractivity contribution in [2.24, 2.45) is 10.9 Å². The van der Waals surface area contributed by atoms with Gasteiger partial charge < -0.3 is 25.2 Å². The van der Waals surface area contributed by atoms with Crippen LogP contribution in [-0.2, 0) is 4.79 Å². The number of ether oxygens (including phenoxy) is 1. The van der Waals surface area contributed by atoms with Crippen molar-refractivity contribution in [3.8, 4) is 11.5 Å². The van der Waals surface area contributed by atoms with E-state index in [4.69, 9.17) is 21.3 Å². The van der Waals surface area contributed by atoms with E-state index < -0.39 is 17.5 Å². The van der Waals surface area contributed by atoms with Gasteiger partial charge in [0.1, 0.15) is 17.3 Å². The highest BCUT2D eigenvalue weighted by atomic mass is 35.5. The van der Waals surface area contributed by atoms with Gasteiger partial charge in [-0.05, 0) is 57.0 Å². The highest BCUT2D eigenvalue weighted by Crippen LogP contribution is 2.39. The number of benzene rings is 2. The number of carboxylic acids is 1. The number of hydrogen-bond acceptors (Lipinski definition) is 6. The van der Waals surface area contributed by atoms with Crippen LogP contribution < -0.4 is 10.1 Å². The number of para-hydroxylation sites is 1. The molecule has 170 valence electrons. The monoisotopic (exact) mass is 457 g/mol. The zero-order chi connectivity index (χ0) is 22.9. The summed E-state index contributed by atoms with van der Waals surface area (Å²) in [6.07, 6.45) is 0.792. The lowest BCUT2D eigenvalue weighted by Gasteiger charge is -2.38. The normalized spacial score (nSPS) is 19.2. The number of hydrogen-bond donors (Lipinski definition) is 3. The second kappa shape index (κ2) is 9.10. The Morgan fingerprint density at radius 2 is 2.09 bits per heavy atom. The van der Waals surface area contributed by atoms with Crippen LogP contribution in [0.4, 0.5) is 5.69 Å². The number of aliphatic imine (C=N–C) groups is 1. The number of halogens is 1. The molecule has 2 atom stereocenters. The van der Waals surface area contributed by atoms with Crippen LogP contribution >= 0.6 is 11.6 Å². The Morgan fingerprint density at radius 3 is 2.84 bits per heavy atom. The van der Waals surface area contributed by atoms with Crippen molar-refractivity contribution in [1.29, 1.82) is 0 Å². The molecule has 0 saturated carbocycles. The smallest absolute Gasteiger partial charge is 0.308 e. The number of rotatable bonds is 5. The summed E-state index contributed by atoms with van der Waals surface area (Å²) in [4.78, 5) is 19.1. The van der Waals surface area contributed by atoms with Crippen LogP contribution in [0, 0.1) is 5.92 Å². The lowest BCUT2D eigenvalue weighted by atomic mass is 9.88. The average Bonchev–Trinajstić information content (AvgIpc) is 2.89. The van der Waals surface area contributed by atoms with E-state index in [1.54, 1.807) is 32.0 Å². The summed E-state index contributed by atoms with van der Waals surface area (Å²) in [5.74, 6) is 0.567. The van der Waals surface area contributed by atoms with Crippen molar-refractivity contribution in [3.05, 3.63) is 53.1 Å². The first-order chi connectivity index (χ1) is 15.2. The number of amidine groups is 1. The Kier molecular flexibility index (Phi) is 6.42. The molecule has 0 aromatic heterocycles. The van der Waals surface area contributed by atoms with E-state index in [-0.39, 0.29) is 6.04 Å². The summed E-state index contributed by atoms with van der Waals surface area (Å²) >= 11 is 6.21. The molecule has 2 aliphatic heterocycles. The molecule has 2 aliphatic rings. The molecule has 0 amide bonds. The molecule has 32 heavy (non-hydrogen) atoms. The number of piperazine rings is 1. The molecule has 1 fully saturated rings. The summed E-state index contributed by atoms with van der Waals surface area (Å²) in [5.41, 5.74) is 0.576. The SMILES string of the molecule is CC(C)(O)CCC(C(=O)O)[C@@H]1CN(C2=Nc3cc(Cl)ccc3Oc3ccccc32)CCN1. The Labute approximate surface area is 192 Å². The highest BCUT2D eigenvalue weighted by molar-refractivity contribution is 6.31. The molecule has 2 aromatic carbocycles. The number of nitrogens with one attached hydrogen (secondary N) is 1. The molecule has 1 saturated heterocycles. The summed E-state index contributed by atoms with van der Waals surface area (Å²) < 4.78 is 6.13. The first kappa shape index (κ1) is 22.6. The standard InChI is InChI=1S/C24H28ClN3O4/c1-24(2,31)10-9-16(23(29)30)19-14-28(12-11-26-19)22-17-5-3-4-6-20(17)32-21-8-7-15(25)13-18(21)27-22/h3-8,13,16,19,26,31H,9-12,14H2,1-2H3,(H,29,30)/t16?,19-/m0/s1. The van der Waals surface area contributed by atoms with Crippen molar-refractivity contribution in [1.82, 2.24) is 10.2 Å². The van der Waals surface area contributed by atoms with Crippen LogP contribution in [0.25, 0.3) is 0 Å². The number of carboxylic acid groups (broad SMARTS) is 1. The fourth-order valence-corrected chi connectivity index (χ4v) is 4.35. The Hall–Kier alpha value is -2.61. The fraction of sp³-hybridized carbons (Fsp3) is 0.417. The van der Waals surface area contributed by atoms with Crippen LogP contribution in [0.1, 0.15) is 32.3 Å². The van der Waals surface area contributed by atoms with Crippen LogP contribution in [-0.4, -0.2) is 58.2 Å². The third-order valence-electron chi connectivity index (χ3n) is 5.87. The first-order valence-electron chi connectivity index (χ1n) is 10.8. The van der Waals surface area contributed by atoms with Crippen LogP contribution in [0.15, 0.2) is 47.5 Å². The zero-order valence-electron chi connectivity index (χ0n) is 18.2. The van der Waals surface area contributed by atoms with Gasteiger partial charge in [0.05, 0.1) is 17.1 Å². The number of aliphatic hydroxyl groups is 1. The number of carbonyl (C=O) groups is 1. The van der Waals surface area contributed by atoms with E-state index in [2.05, 4.69) is 10.2 Å². The second-order valence-electron chi connectivity index (χ2n) is 8.95. The van der Waals surface area contributed by atoms with Gasteiger partial charge in [0.2, 0.25) is 0 Å². The van der Waals surface area contributed by atoms with E-state index in [1.165, 1.54) is 0 Å². The lowest BCUT2D eigenvalue weighted by Crippen LogP contribution is -2.57. The molecular formula is C24H28ClN3O4. The highest BCUT2D eigenvalue weighted by Gasteiger charge is 2.35. The molecular weight excluding hydrogens is 430 g/mol. The Morgan fingerprint density at radius 1 is 1.31 bits per heavy atom. The summed E-state index contributed by atoms with van der Waals surface area (Å²) in [7, 11) is 0. The lowest BCUT2D eigenvalue weighted by molar-refractivity contribution is -0.143. The van der Waals surface area contributed by atoms with Gasteiger partial charge in [-0.1, -0.05) is 23.7 Å². The molecule has 0 spiro atoms. The van der Waals surface area contributed by atoms with Crippen molar-refractivity contribution >= 4 is 29.1 Å². The predicted octanol–water partition coefficient (Wildman–Crippen LogP) is 4.05. The van der Waals surface area contributed by atoms with Gasteiger partial charge >= 0.3 is 5.97 Å². The molecule has 7 nitrogen and oxygen atoms in total. The van der Waals surface area contributed by atoms with Crippen molar-refractivity contribution in [2.75, 3.05) is 19.6 Å². The summed E-state index contributed by atoms with van der Waals surface area (Å²) in [6, 6.07) is 12.8. The maximum atomic E-state index is 12.0. The molecule has 4 rings (SSSR count). The van der Waals surface area contributed by atoms with Crippen molar-refractivity contribution in [3.63, 3.8) is 0 Å². The second-order valence-corrected chi connectivity index (χ2v) is 9.38. The van der Waals surface area contributed by atoms with E-state index in [1.807, 2.05) is 24.3 Å². The van der Waals surface area contributed by atoms with Gasteiger partial charge in [0, 0.05) is 30.7 Å². The van der Waals surface area contributed by atoms with Crippen LogP contribution in [0.5, 0.6) is 11.5 Å². The van der Waals surface area contributed by atoms with Crippen molar-refractivity contribution < 1.29 is 19.7 Å². The topological polar surface area (TPSA) is 94.4 Å². The zero-order valence-corrected chi connectivity index (χ0v) is 19.0. The maximum absolute atomic E-state index is 12.0. The molecule has 1 unspecified atom stereocenters. The minimum absolute atomic E-state index is 0.276. The van der Waals surface area contributed by atoms with E-state index in [0.29, 0.717) is 54.7 Å². The average molecular weight is 458 g/mol. The predicted molar refractivity (Wildman–Crippen MR) is 124 cm³/mol. The number of nitrogens with zero attached hydrogens (tertiary/aromatic N) is 2. The third kappa shape index (κ3) is 5.06. The van der Waals surface area contributed by atoms with Gasteiger partial charge in [-0.25, -0.2) is 4.99 Å². The largest absolute Gasteiger partial charge is 0.481 e. The molecule has 0 aliphatic carbocycles. The Bertz CT molecular complexity index is 1030. The van der Waals surface area contributed by atoms with Gasteiger partial charge in [-0.3, -0.25) is 4.79 Å². The van der Waals surface area contributed by atoms with Crippen molar-refractivity contribution in [2.45, 2.75) is 38.3 Å². The van der Waals surface area contributed by atoms with Gasteiger partial charge in [-0.15, -0.1) is 0 Å². The van der Waals surface area contributed by atoms with Crippen LogP contribution in [0.2, 0.25) is 5.02 Å². The quantitative estimate of drug-likeness (QED) is 0.627. The maximum Gasteiger partial charge on any atom is 0.308 e. The molecule has 8 heteroatoms. The molecule has 2 heterocycles. The summed E-state index contributed by atoms with van der Waals surface area (Å²) in [5, 5.41) is 23.9. The third-order valence-corrected chi connectivity index (χ3v) is 6.11. The first-order valence-corrected chi connectivity index (χ1v) is 11.2. The minimum atomic E-state index is -0.910. The summed E-state index contributed by atoms with van der Waals surface area (Å²) in [6.45, 7) is 5.18. The number of fused-ring (bicyclic) bond motifs is 2. The van der Waals surface area contributed by atoms with Gasteiger partial charge in [-0.2, -0.15) is 0 Å². The van der Waals surface area contributed by atoms with Gasteiger partial charge in [0.15, 0.2) is 5.75 Å². The van der Waals surface area contributed by atoms with E-state index >= 15 is 0 Å². The molecule has 0 radical (unpaired) electrons. The fourth-order valence-electron chi connectivity index (χ4n) is 4.18. The minimum Gasteiger partial charge on any atom is -0.481 e. The molecule has 0 bridgehead atoms.